The van der Waals surface area contributed by atoms with Gasteiger partial charge in [-0.2, -0.15) is 0 Å². The maximum atomic E-state index is 13.3. The smallest absolute Gasteiger partial charge is 0.322 e. The zero-order valence-electron chi connectivity index (χ0n) is 18.1. The Morgan fingerprint density at radius 2 is 1.65 bits per heavy atom. The number of nitrogens with one attached hydrogen (secondary N) is 1. The summed E-state index contributed by atoms with van der Waals surface area (Å²) in [6.45, 7) is 5.61. The zero-order chi connectivity index (χ0) is 22.1. The number of carbonyl (C=O) groups excluding carboxylic acids is 2. The van der Waals surface area contributed by atoms with E-state index in [0.29, 0.717) is 19.6 Å². The number of thiophene rings is 1. The summed E-state index contributed by atoms with van der Waals surface area (Å²) in [6, 6.07) is 21.4. The quantitative estimate of drug-likeness (QED) is 0.480. The van der Waals surface area contributed by atoms with Crippen LogP contribution in [0.5, 0.6) is 0 Å². The summed E-state index contributed by atoms with van der Waals surface area (Å²) in [5.74, 6) is -0.0650. The third-order valence-electron chi connectivity index (χ3n) is 4.91. The van der Waals surface area contributed by atoms with Crippen molar-refractivity contribution in [1.82, 2.24) is 9.80 Å². The van der Waals surface area contributed by atoms with E-state index in [9.17, 15) is 9.59 Å². The first kappa shape index (κ1) is 22.6. The Morgan fingerprint density at radius 3 is 2.29 bits per heavy atom. The van der Waals surface area contributed by atoms with E-state index < -0.39 is 0 Å². The molecule has 0 bridgehead atoms. The largest absolute Gasteiger partial charge is 0.332 e. The highest BCUT2D eigenvalue weighted by Crippen LogP contribution is 2.16. The highest BCUT2D eigenvalue weighted by molar-refractivity contribution is 7.09. The fraction of sp³-hybridized carbons (Fsp3) is 0.280. The molecule has 5 nitrogen and oxygen atoms in total. The third-order valence-corrected chi connectivity index (χ3v) is 5.77. The van der Waals surface area contributed by atoms with E-state index in [1.807, 2.05) is 90.9 Å². The Morgan fingerprint density at radius 1 is 0.903 bits per heavy atom. The molecule has 0 unspecified atom stereocenters. The molecule has 1 aromatic heterocycles. The lowest BCUT2D eigenvalue weighted by molar-refractivity contribution is -0.133. The van der Waals surface area contributed by atoms with Crippen LogP contribution in [0.2, 0.25) is 0 Å². The number of benzene rings is 2. The predicted octanol–water partition coefficient (Wildman–Crippen LogP) is 5.53. The van der Waals surface area contributed by atoms with E-state index in [-0.39, 0.29) is 18.5 Å². The van der Waals surface area contributed by atoms with Gasteiger partial charge in [0.15, 0.2) is 0 Å². The molecule has 0 saturated carbocycles. The topological polar surface area (TPSA) is 52.7 Å². The molecule has 6 heteroatoms. The number of hydrogen-bond donors (Lipinski definition) is 1. The van der Waals surface area contributed by atoms with Gasteiger partial charge in [-0.25, -0.2) is 4.79 Å². The van der Waals surface area contributed by atoms with Gasteiger partial charge in [-0.05, 0) is 42.5 Å². The number of aryl methyl sites for hydroxylation is 1. The molecule has 3 aromatic rings. The average molecular weight is 436 g/mol. The minimum Gasteiger partial charge on any atom is -0.332 e. The van der Waals surface area contributed by atoms with Gasteiger partial charge in [0.2, 0.25) is 5.91 Å². The Kier molecular flexibility index (Phi) is 8.24. The fourth-order valence-corrected chi connectivity index (χ4v) is 3.97. The van der Waals surface area contributed by atoms with Crippen molar-refractivity contribution in [2.24, 2.45) is 0 Å². The molecule has 0 radical (unpaired) electrons. The number of carbonyl (C=O) groups is 2. The molecule has 1 heterocycles. The second-order valence-corrected chi connectivity index (χ2v) is 8.56. The van der Waals surface area contributed by atoms with Crippen LogP contribution in [-0.2, 0) is 17.9 Å². The standard InChI is InChI=1S/C25H29N3O2S/c1-3-15-27(25(30)26-22-13-11-20(2)12-14-22)19-24(29)28(18-23-10-7-16-31-23)17-21-8-5-4-6-9-21/h4-14,16H,3,15,17-19H2,1-2H3,(H,26,30). The Hall–Kier alpha value is -3.12. The molecule has 0 fully saturated rings. The Labute approximate surface area is 188 Å². The van der Waals surface area contributed by atoms with Gasteiger partial charge in [-0.15, -0.1) is 11.3 Å². The van der Waals surface area contributed by atoms with Crippen molar-refractivity contribution >= 4 is 29.0 Å². The van der Waals surface area contributed by atoms with Crippen LogP contribution in [0.15, 0.2) is 72.1 Å². The van der Waals surface area contributed by atoms with Crippen LogP contribution in [-0.4, -0.2) is 34.8 Å². The zero-order valence-corrected chi connectivity index (χ0v) is 18.9. The fourth-order valence-electron chi connectivity index (χ4n) is 3.25. The van der Waals surface area contributed by atoms with Crippen molar-refractivity contribution in [3.05, 3.63) is 88.1 Å². The van der Waals surface area contributed by atoms with Crippen LogP contribution in [0.1, 0.15) is 29.3 Å². The van der Waals surface area contributed by atoms with Crippen LogP contribution in [0.3, 0.4) is 0 Å². The van der Waals surface area contributed by atoms with E-state index in [4.69, 9.17) is 0 Å². The van der Waals surface area contributed by atoms with Gasteiger partial charge in [0.25, 0.3) is 0 Å². The van der Waals surface area contributed by atoms with Crippen molar-refractivity contribution in [2.75, 3.05) is 18.4 Å². The molecule has 0 atom stereocenters. The van der Waals surface area contributed by atoms with Gasteiger partial charge in [0, 0.05) is 23.7 Å². The summed E-state index contributed by atoms with van der Waals surface area (Å²) in [6.07, 6.45) is 0.776. The lowest BCUT2D eigenvalue weighted by atomic mass is 10.2. The molecule has 0 aliphatic rings. The van der Waals surface area contributed by atoms with Crippen molar-refractivity contribution in [2.45, 2.75) is 33.4 Å². The SMILES string of the molecule is CCCN(CC(=O)N(Cc1ccccc1)Cc1cccs1)C(=O)Nc1ccc(C)cc1. The van der Waals surface area contributed by atoms with Crippen molar-refractivity contribution < 1.29 is 9.59 Å². The van der Waals surface area contributed by atoms with Crippen molar-refractivity contribution in [1.29, 1.82) is 0 Å². The highest BCUT2D eigenvalue weighted by Gasteiger charge is 2.22. The Bertz CT molecular complexity index is 956. The molecular formula is C25H29N3O2S. The molecule has 0 aliphatic heterocycles. The predicted molar refractivity (Wildman–Crippen MR) is 127 cm³/mol. The lowest BCUT2D eigenvalue weighted by Crippen LogP contribution is -2.44. The average Bonchev–Trinajstić information content (AvgIpc) is 3.28. The summed E-state index contributed by atoms with van der Waals surface area (Å²) in [5, 5.41) is 4.92. The van der Waals surface area contributed by atoms with Gasteiger partial charge < -0.3 is 15.1 Å². The highest BCUT2D eigenvalue weighted by atomic mass is 32.1. The van der Waals surface area contributed by atoms with E-state index in [0.717, 1.165) is 28.1 Å². The van der Waals surface area contributed by atoms with Crippen LogP contribution >= 0.6 is 11.3 Å². The second-order valence-electron chi connectivity index (χ2n) is 7.53. The molecule has 162 valence electrons. The maximum Gasteiger partial charge on any atom is 0.322 e. The van der Waals surface area contributed by atoms with Gasteiger partial charge in [-0.1, -0.05) is 61.0 Å². The van der Waals surface area contributed by atoms with Crippen molar-refractivity contribution in [3.8, 4) is 0 Å². The summed E-state index contributed by atoms with van der Waals surface area (Å²) in [4.78, 5) is 30.7. The lowest BCUT2D eigenvalue weighted by Gasteiger charge is -2.27. The molecule has 31 heavy (non-hydrogen) atoms. The van der Waals surface area contributed by atoms with Gasteiger partial charge >= 0.3 is 6.03 Å². The summed E-state index contributed by atoms with van der Waals surface area (Å²) < 4.78 is 0. The summed E-state index contributed by atoms with van der Waals surface area (Å²) >= 11 is 1.63. The number of urea groups is 1. The van der Waals surface area contributed by atoms with Crippen LogP contribution in [0, 0.1) is 6.92 Å². The van der Waals surface area contributed by atoms with E-state index in [1.165, 1.54) is 0 Å². The number of rotatable bonds is 9. The van der Waals surface area contributed by atoms with E-state index >= 15 is 0 Å². The van der Waals surface area contributed by atoms with Crippen LogP contribution in [0.25, 0.3) is 0 Å². The second kappa shape index (κ2) is 11.3. The number of anilines is 1. The van der Waals surface area contributed by atoms with Gasteiger partial charge in [0.1, 0.15) is 6.54 Å². The molecule has 3 amide bonds. The molecule has 0 saturated heterocycles. The molecule has 2 aromatic carbocycles. The van der Waals surface area contributed by atoms with Crippen LogP contribution < -0.4 is 5.32 Å². The van der Waals surface area contributed by atoms with Crippen molar-refractivity contribution in [3.63, 3.8) is 0 Å². The molecule has 3 rings (SSSR count). The number of amides is 3. The summed E-state index contributed by atoms with van der Waals surface area (Å²) in [7, 11) is 0. The number of nitrogens with zero attached hydrogens (tertiary/aromatic N) is 2. The summed E-state index contributed by atoms with van der Waals surface area (Å²) in [5.41, 5.74) is 2.92. The normalized spacial score (nSPS) is 10.5. The first-order valence-electron chi connectivity index (χ1n) is 10.5. The van der Waals surface area contributed by atoms with E-state index in [1.54, 1.807) is 16.2 Å². The molecule has 1 N–H and O–H groups in total. The van der Waals surface area contributed by atoms with Gasteiger partial charge in [0.05, 0.1) is 6.54 Å². The molecule has 0 spiro atoms. The van der Waals surface area contributed by atoms with E-state index in [2.05, 4.69) is 5.32 Å². The van der Waals surface area contributed by atoms with Gasteiger partial charge in [-0.3, -0.25) is 4.79 Å². The molecular weight excluding hydrogens is 406 g/mol. The minimum atomic E-state index is -0.255. The minimum absolute atomic E-state index is 0.0454. The first-order chi connectivity index (χ1) is 15.0. The monoisotopic (exact) mass is 435 g/mol. The van der Waals surface area contributed by atoms with Crippen LogP contribution in [0.4, 0.5) is 10.5 Å². The number of hydrogen-bond acceptors (Lipinski definition) is 3. The molecule has 0 aliphatic carbocycles. The Balaban J connectivity index is 1.71. The first-order valence-corrected chi connectivity index (χ1v) is 11.4. The maximum absolute atomic E-state index is 13.3. The third kappa shape index (κ3) is 6.96.